The van der Waals surface area contributed by atoms with Crippen LogP contribution >= 0.6 is 0 Å². The van der Waals surface area contributed by atoms with Crippen LogP contribution < -0.4 is 11.1 Å². The number of fused-ring (bicyclic) bond motifs is 3. The molecule has 6 nitrogen and oxygen atoms in total. The molecule has 0 aromatic heterocycles. The monoisotopic (exact) mass is 312 g/mol. The van der Waals surface area contributed by atoms with Gasteiger partial charge in [0.2, 0.25) is 5.91 Å². The van der Waals surface area contributed by atoms with Crippen LogP contribution in [0.3, 0.4) is 0 Å². The molecule has 1 atom stereocenters. The number of carboxylic acids is 1. The van der Waals surface area contributed by atoms with E-state index in [1.165, 1.54) is 43.4 Å². The first-order valence-electron chi connectivity index (χ1n) is 8.40. The van der Waals surface area contributed by atoms with E-state index < -0.39 is 12.0 Å². The second-order valence-electron chi connectivity index (χ2n) is 7.49. The van der Waals surface area contributed by atoms with Gasteiger partial charge in [0, 0.05) is 37.6 Å². The summed E-state index contributed by atoms with van der Waals surface area (Å²) in [5.41, 5.74) is 5.69. The second kappa shape index (κ2) is 6.54. The highest BCUT2D eigenvalue weighted by Crippen LogP contribution is 2.44. The maximum atomic E-state index is 11.9. The highest BCUT2D eigenvalue weighted by Gasteiger charge is 2.49. The molecular formula is C16H30N3O3+. The third kappa shape index (κ3) is 3.60. The summed E-state index contributed by atoms with van der Waals surface area (Å²) in [6.45, 7) is 9.01. The summed E-state index contributed by atoms with van der Waals surface area (Å²) >= 11 is 0. The van der Waals surface area contributed by atoms with Gasteiger partial charge in [-0.05, 0) is 20.3 Å². The van der Waals surface area contributed by atoms with Gasteiger partial charge in [-0.1, -0.05) is 0 Å². The Morgan fingerprint density at radius 1 is 1.23 bits per heavy atom. The van der Waals surface area contributed by atoms with Crippen molar-refractivity contribution in [2.75, 3.05) is 26.2 Å². The standard InChI is InChI=1S/C16H29N3O3/c1-12(2)19-8-5-16(6-9-19,7-10-19)11-18-14(20)4-3-13(17)15(21)22/h12-13H,3-11,17H2,1-2H3,(H-,18,20,21,22)/p+1. The zero-order valence-corrected chi connectivity index (χ0v) is 13.8. The van der Waals surface area contributed by atoms with Crippen molar-refractivity contribution >= 4 is 11.9 Å². The molecule has 1 amide bonds. The number of nitrogens with two attached hydrogens (primary N) is 1. The lowest BCUT2D eigenvalue weighted by Crippen LogP contribution is -2.66. The molecule has 3 rings (SSSR count). The van der Waals surface area contributed by atoms with E-state index in [0.29, 0.717) is 6.04 Å². The van der Waals surface area contributed by atoms with Crippen molar-refractivity contribution in [1.29, 1.82) is 0 Å². The van der Waals surface area contributed by atoms with Gasteiger partial charge in [-0.3, -0.25) is 9.59 Å². The smallest absolute Gasteiger partial charge is 0.320 e. The van der Waals surface area contributed by atoms with Crippen molar-refractivity contribution in [2.45, 2.75) is 58.0 Å². The lowest BCUT2D eigenvalue weighted by molar-refractivity contribution is -0.964. The van der Waals surface area contributed by atoms with Crippen LogP contribution in [-0.2, 0) is 9.59 Å². The summed E-state index contributed by atoms with van der Waals surface area (Å²) in [5.74, 6) is -1.12. The Morgan fingerprint density at radius 3 is 2.23 bits per heavy atom. The molecule has 22 heavy (non-hydrogen) atoms. The minimum Gasteiger partial charge on any atom is -0.480 e. The SMILES string of the molecule is CC(C)[N+]12CCC(CNC(=O)CCC(N)C(=O)O)(CC1)CC2. The van der Waals surface area contributed by atoms with Crippen LogP contribution in [-0.4, -0.2) is 59.7 Å². The van der Waals surface area contributed by atoms with Crippen LogP contribution in [0, 0.1) is 5.41 Å². The molecule has 6 heteroatoms. The van der Waals surface area contributed by atoms with Gasteiger partial charge in [-0.25, -0.2) is 0 Å². The van der Waals surface area contributed by atoms with Crippen molar-refractivity contribution in [1.82, 2.24) is 5.32 Å². The van der Waals surface area contributed by atoms with Gasteiger partial charge >= 0.3 is 5.97 Å². The van der Waals surface area contributed by atoms with E-state index in [0.717, 1.165) is 6.54 Å². The first-order chi connectivity index (χ1) is 10.3. The van der Waals surface area contributed by atoms with Gasteiger partial charge in [0.1, 0.15) is 6.04 Å². The Balaban J connectivity index is 1.76. The van der Waals surface area contributed by atoms with E-state index >= 15 is 0 Å². The minimum atomic E-state index is -1.05. The zero-order chi connectivity index (χ0) is 16.4. The number of nitrogens with one attached hydrogen (secondary N) is 1. The van der Waals surface area contributed by atoms with Gasteiger partial charge < -0.3 is 20.6 Å². The van der Waals surface area contributed by atoms with Gasteiger partial charge in [0.25, 0.3) is 0 Å². The van der Waals surface area contributed by atoms with Crippen molar-refractivity contribution in [3.63, 3.8) is 0 Å². The highest BCUT2D eigenvalue weighted by molar-refractivity contribution is 5.78. The number of hydrogen-bond acceptors (Lipinski definition) is 3. The maximum absolute atomic E-state index is 11.9. The Bertz CT molecular complexity index is 412. The molecule has 4 N–H and O–H groups in total. The molecule has 3 aliphatic rings. The molecule has 126 valence electrons. The first kappa shape index (κ1) is 17.2. The number of rotatable bonds is 7. The number of carbonyl (C=O) groups is 2. The van der Waals surface area contributed by atoms with Crippen molar-refractivity contribution in [3.8, 4) is 0 Å². The van der Waals surface area contributed by atoms with Crippen LogP contribution in [0.15, 0.2) is 0 Å². The summed E-state index contributed by atoms with van der Waals surface area (Å²) in [4.78, 5) is 22.5. The number of piperidine rings is 3. The Labute approximate surface area is 132 Å². The average molecular weight is 312 g/mol. The average Bonchev–Trinajstić information content (AvgIpc) is 2.52. The third-order valence-electron chi connectivity index (χ3n) is 6.02. The van der Waals surface area contributed by atoms with E-state index in [1.54, 1.807) is 0 Å². The number of carboxylic acid groups (broad SMARTS) is 1. The third-order valence-corrected chi connectivity index (χ3v) is 6.02. The van der Waals surface area contributed by atoms with Crippen LogP contribution in [0.4, 0.5) is 0 Å². The number of nitrogens with zero attached hydrogens (tertiary/aromatic N) is 1. The van der Waals surface area contributed by atoms with Gasteiger partial charge in [0.15, 0.2) is 0 Å². The lowest BCUT2D eigenvalue weighted by Gasteiger charge is -2.56. The predicted octanol–water partition coefficient (Wildman–Crippen LogP) is 0.704. The molecule has 0 spiro atoms. The fraction of sp³-hybridized carbons (Fsp3) is 0.875. The van der Waals surface area contributed by atoms with Crippen molar-refractivity contribution in [3.05, 3.63) is 0 Å². The van der Waals surface area contributed by atoms with Crippen LogP contribution in [0.1, 0.15) is 46.0 Å². The molecular weight excluding hydrogens is 282 g/mol. The fourth-order valence-electron chi connectivity index (χ4n) is 3.91. The Kier molecular flexibility index (Phi) is 5.12. The zero-order valence-electron chi connectivity index (χ0n) is 13.8. The van der Waals surface area contributed by atoms with E-state index in [-0.39, 0.29) is 24.2 Å². The fourth-order valence-corrected chi connectivity index (χ4v) is 3.91. The Hall–Kier alpha value is -1.14. The molecule has 0 aromatic rings. The van der Waals surface area contributed by atoms with Gasteiger partial charge in [0.05, 0.1) is 25.7 Å². The number of quaternary nitrogens is 1. The molecule has 0 aromatic carbocycles. The highest BCUT2D eigenvalue weighted by atomic mass is 16.4. The van der Waals surface area contributed by atoms with Crippen molar-refractivity contribution in [2.24, 2.45) is 11.1 Å². The van der Waals surface area contributed by atoms with E-state index in [1.807, 2.05) is 0 Å². The lowest BCUT2D eigenvalue weighted by atomic mass is 9.70. The molecule has 0 aliphatic carbocycles. The van der Waals surface area contributed by atoms with Gasteiger partial charge in [-0.2, -0.15) is 0 Å². The summed E-state index contributed by atoms with van der Waals surface area (Å²) in [5, 5.41) is 11.7. The topological polar surface area (TPSA) is 92.4 Å². The summed E-state index contributed by atoms with van der Waals surface area (Å²) in [6, 6.07) is -0.261. The maximum Gasteiger partial charge on any atom is 0.320 e. The quantitative estimate of drug-likeness (QED) is 0.604. The molecule has 0 radical (unpaired) electrons. The predicted molar refractivity (Wildman–Crippen MR) is 84.1 cm³/mol. The molecule has 0 saturated carbocycles. The number of carbonyl (C=O) groups excluding carboxylic acids is 1. The summed E-state index contributed by atoms with van der Waals surface area (Å²) < 4.78 is 1.24. The summed E-state index contributed by atoms with van der Waals surface area (Å²) in [6.07, 6.45) is 3.93. The van der Waals surface area contributed by atoms with E-state index in [9.17, 15) is 9.59 Å². The molecule has 3 heterocycles. The van der Waals surface area contributed by atoms with E-state index in [4.69, 9.17) is 10.8 Å². The Morgan fingerprint density at radius 2 is 1.77 bits per heavy atom. The number of amides is 1. The minimum absolute atomic E-state index is 0.0770. The number of aliphatic carboxylic acids is 1. The van der Waals surface area contributed by atoms with Crippen molar-refractivity contribution < 1.29 is 19.2 Å². The number of hydrogen-bond donors (Lipinski definition) is 3. The molecule has 3 saturated heterocycles. The molecule has 2 bridgehead atoms. The van der Waals surface area contributed by atoms with Gasteiger partial charge in [-0.15, -0.1) is 0 Å². The van der Waals surface area contributed by atoms with Crippen LogP contribution in [0.5, 0.6) is 0 Å². The molecule has 3 fully saturated rings. The molecule has 3 aliphatic heterocycles. The second-order valence-corrected chi connectivity index (χ2v) is 7.49. The summed E-state index contributed by atoms with van der Waals surface area (Å²) in [7, 11) is 0. The normalized spacial score (nSPS) is 32.0. The van der Waals surface area contributed by atoms with E-state index in [2.05, 4.69) is 19.2 Å². The van der Waals surface area contributed by atoms with Crippen LogP contribution in [0.2, 0.25) is 0 Å². The van der Waals surface area contributed by atoms with Crippen LogP contribution in [0.25, 0.3) is 0 Å². The first-order valence-corrected chi connectivity index (χ1v) is 8.40. The molecule has 1 unspecified atom stereocenters. The largest absolute Gasteiger partial charge is 0.480 e.